The highest BCUT2D eigenvalue weighted by molar-refractivity contribution is 7.98. The van der Waals surface area contributed by atoms with E-state index in [0.29, 0.717) is 15.9 Å². The Hall–Kier alpha value is -4.06. The number of amides is 2. The van der Waals surface area contributed by atoms with Crippen molar-refractivity contribution in [1.29, 1.82) is 0 Å². The second kappa shape index (κ2) is 13.7. The molecule has 0 aliphatic rings. The zero-order chi connectivity index (χ0) is 36.7. The lowest BCUT2D eigenvalue weighted by Crippen LogP contribution is -2.50. The summed E-state index contributed by atoms with van der Waals surface area (Å²) in [7, 11) is 0. The number of nitrogens with one attached hydrogen (secondary N) is 2. The van der Waals surface area contributed by atoms with Crippen molar-refractivity contribution in [3.05, 3.63) is 87.5 Å². The summed E-state index contributed by atoms with van der Waals surface area (Å²) in [4.78, 5) is 32.3. The van der Waals surface area contributed by atoms with Gasteiger partial charge in [0.1, 0.15) is 0 Å². The average Bonchev–Trinajstić information content (AvgIpc) is 3.34. The number of fused-ring (bicyclic) bond motifs is 1. The lowest BCUT2D eigenvalue weighted by molar-refractivity contribution is -0.349. The Morgan fingerprint density at radius 2 is 1.61 bits per heavy atom. The van der Waals surface area contributed by atoms with Crippen LogP contribution in [0, 0.1) is 6.92 Å². The van der Waals surface area contributed by atoms with Crippen molar-refractivity contribution in [2.75, 3.05) is 17.3 Å². The molecule has 0 spiro atoms. The van der Waals surface area contributed by atoms with Gasteiger partial charge in [0.15, 0.2) is 0 Å². The molecule has 0 unspecified atom stereocenters. The van der Waals surface area contributed by atoms with Crippen LogP contribution in [-0.4, -0.2) is 56.8 Å². The van der Waals surface area contributed by atoms with E-state index in [9.17, 15) is 53.5 Å². The molecule has 0 fully saturated rings. The SMILES string of the molecule is CSC[C@H](C)NC(=O)c1c(Cl)cccc1C(=O)Nc1ccc(Cn2c(C(F)(F)F)nc3cc(C(F)(C(F)(F)F)C(F)(F)F)ncc32)cc1C. The molecule has 0 saturated carbocycles. The van der Waals surface area contributed by atoms with Crippen molar-refractivity contribution in [3.8, 4) is 0 Å². The van der Waals surface area contributed by atoms with Gasteiger partial charge in [-0.1, -0.05) is 29.8 Å². The molecule has 2 aromatic heterocycles. The largest absolute Gasteiger partial charge is 0.449 e. The normalized spacial score (nSPS) is 13.4. The van der Waals surface area contributed by atoms with Crippen LogP contribution < -0.4 is 10.6 Å². The number of pyridine rings is 1. The van der Waals surface area contributed by atoms with Crippen LogP contribution in [0.2, 0.25) is 5.02 Å². The maximum Gasteiger partial charge on any atom is 0.449 e. The number of hydrogen-bond acceptors (Lipinski definition) is 5. The highest BCUT2D eigenvalue weighted by atomic mass is 35.5. The van der Waals surface area contributed by atoms with Crippen molar-refractivity contribution in [2.45, 2.75) is 50.6 Å². The molecule has 2 heterocycles. The van der Waals surface area contributed by atoms with Gasteiger partial charge in [-0.15, -0.1) is 0 Å². The number of carbonyl (C=O) groups excluding carboxylic acids is 2. The van der Waals surface area contributed by atoms with Gasteiger partial charge < -0.3 is 15.2 Å². The van der Waals surface area contributed by atoms with E-state index < -0.39 is 65.1 Å². The average molecular weight is 744 g/mol. The zero-order valence-corrected chi connectivity index (χ0v) is 26.9. The number of imidazole rings is 1. The number of benzene rings is 2. The van der Waals surface area contributed by atoms with Crippen LogP contribution in [0.3, 0.4) is 0 Å². The number of aryl methyl sites for hydroxylation is 1. The van der Waals surface area contributed by atoms with Gasteiger partial charge in [-0.3, -0.25) is 14.6 Å². The number of alkyl halides is 10. The first-order valence-electron chi connectivity index (χ1n) is 13.9. The number of rotatable bonds is 9. The van der Waals surface area contributed by atoms with Gasteiger partial charge in [0.05, 0.1) is 39.1 Å². The lowest BCUT2D eigenvalue weighted by atomic mass is 9.99. The number of aromatic nitrogens is 3. The summed E-state index contributed by atoms with van der Waals surface area (Å²) < 4.78 is 136. The second-order valence-corrected chi connectivity index (χ2v) is 12.1. The molecule has 0 aliphatic heterocycles. The molecule has 2 amide bonds. The first kappa shape index (κ1) is 37.8. The van der Waals surface area contributed by atoms with E-state index in [4.69, 9.17) is 11.6 Å². The molecule has 264 valence electrons. The van der Waals surface area contributed by atoms with Gasteiger partial charge in [0.25, 0.3) is 11.8 Å². The molecule has 1 atom stereocenters. The van der Waals surface area contributed by atoms with Gasteiger partial charge in [0, 0.05) is 24.0 Å². The number of halogens is 11. The molecule has 4 aromatic rings. The van der Waals surface area contributed by atoms with Crippen molar-refractivity contribution in [3.63, 3.8) is 0 Å². The fourth-order valence-corrected chi connectivity index (χ4v) is 5.75. The zero-order valence-electron chi connectivity index (χ0n) is 25.3. The quantitative estimate of drug-likeness (QED) is 0.168. The Morgan fingerprint density at radius 1 is 0.959 bits per heavy atom. The summed E-state index contributed by atoms with van der Waals surface area (Å²) in [6.45, 7) is 2.60. The fraction of sp³-hybridized carbons (Fsp3) is 0.333. The molecule has 2 aromatic carbocycles. The minimum Gasteiger partial charge on any atom is -0.349 e. The minimum atomic E-state index is -6.54. The molecule has 49 heavy (non-hydrogen) atoms. The standard InChI is InChI=1S/C30H24ClF10N5O2S/c1-14-9-16(7-8-19(14)44-24(47)17-5-4-6-18(31)23(17)25(48)43-15(2)13-49-3)12-46-21-11-42-22(10-20(21)45-26(46)28(33,34)35)27(32,29(36,37)38)30(39,40)41/h4-11,15H,12-13H2,1-3H3,(H,43,48)(H,44,47)/t15-/m0/s1. The third-order valence-electron chi connectivity index (χ3n) is 7.18. The van der Waals surface area contributed by atoms with E-state index in [2.05, 4.69) is 20.6 Å². The first-order chi connectivity index (χ1) is 22.6. The fourth-order valence-electron chi connectivity index (χ4n) is 4.91. The predicted molar refractivity (Wildman–Crippen MR) is 162 cm³/mol. The van der Waals surface area contributed by atoms with Gasteiger partial charge in [-0.2, -0.15) is 51.3 Å². The van der Waals surface area contributed by atoms with Gasteiger partial charge in [-0.25, -0.2) is 9.37 Å². The molecule has 7 nitrogen and oxygen atoms in total. The Kier molecular flexibility index (Phi) is 10.5. The molecule has 0 bridgehead atoms. The summed E-state index contributed by atoms with van der Waals surface area (Å²) >= 11 is 7.75. The van der Waals surface area contributed by atoms with Crippen LogP contribution in [-0.2, 0) is 18.4 Å². The predicted octanol–water partition coefficient (Wildman–Crippen LogP) is 8.48. The van der Waals surface area contributed by atoms with E-state index in [1.54, 1.807) is 6.92 Å². The molecular formula is C30H24ClF10N5O2S. The van der Waals surface area contributed by atoms with Crippen LogP contribution in [0.5, 0.6) is 0 Å². The number of anilines is 1. The molecular weight excluding hydrogens is 720 g/mol. The lowest BCUT2D eigenvalue weighted by Gasteiger charge is -2.29. The van der Waals surface area contributed by atoms with E-state index in [1.165, 1.54) is 55.1 Å². The van der Waals surface area contributed by atoms with Crippen LogP contribution >= 0.6 is 23.4 Å². The van der Waals surface area contributed by atoms with Crippen LogP contribution in [0.1, 0.15) is 50.3 Å². The Morgan fingerprint density at radius 3 is 2.18 bits per heavy atom. The summed E-state index contributed by atoms with van der Waals surface area (Å²) in [6, 6.07) is 7.88. The number of hydrogen-bond donors (Lipinski definition) is 2. The van der Waals surface area contributed by atoms with E-state index in [-0.39, 0.29) is 45.7 Å². The van der Waals surface area contributed by atoms with E-state index >= 15 is 0 Å². The highest BCUT2D eigenvalue weighted by Crippen LogP contribution is 2.53. The van der Waals surface area contributed by atoms with E-state index in [0.717, 1.165) is 0 Å². The minimum absolute atomic E-state index is 0.0113. The monoisotopic (exact) mass is 743 g/mol. The smallest absolute Gasteiger partial charge is 0.349 e. The van der Waals surface area contributed by atoms with Crippen molar-refractivity contribution in [1.82, 2.24) is 19.9 Å². The van der Waals surface area contributed by atoms with Gasteiger partial charge in [0.2, 0.25) is 5.82 Å². The summed E-state index contributed by atoms with van der Waals surface area (Å²) in [5.41, 5.74) is -9.35. The number of nitrogens with zero attached hydrogens (tertiary/aromatic N) is 3. The van der Waals surface area contributed by atoms with Crippen LogP contribution in [0.4, 0.5) is 49.6 Å². The van der Waals surface area contributed by atoms with Crippen LogP contribution in [0.15, 0.2) is 48.7 Å². The van der Waals surface area contributed by atoms with Crippen LogP contribution in [0.25, 0.3) is 11.0 Å². The summed E-state index contributed by atoms with van der Waals surface area (Å²) in [6.07, 6.45) is -16.2. The second-order valence-electron chi connectivity index (χ2n) is 10.8. The Labute approximate surface area is 280 Å². The third kappa shape index (κ3) is 7.59. The number of carbonyl (C=O) groups is 2. The first-order valence-corrected chi connectivity index (χ1v) is 15.6. The molecule has 0 aliphatic carbocycles. The van der Waals surface area contributed by atoms with Crippen molar-refractivity contribution >= 4 is 51.9 Å². The van der Waals surface area contributed by atoms with Crippen molar-refractivity contribution in [2.24, 2.45) is 0 Å². The maximum absolute atomic E-state index is 14.6. The Balaban J connectivity index is 1.67. The molecule has 0 radical (unpaired) electrons. The molecule has 19 heteroatoms. The molecule has 4 rings (SSSR count). The highest BCUT2D eigenvalue weighted by Gasteiger charge is 2.74. The van der Waals surface area contributed by atoms with Gasteiger partial charge >= 0.3 is 24.2 Å². The maximum atomic E-state index is 14.6. The third-order valence-corrected chi connectivity index (χ3v) is 8.33. The summed E-state index contributed by atoms with van der Waals surface area (Å²) in [5, 5.41) is 5.38. The summed E-state index contributed by atoms with van der Waals surface area (Å²) in [5.74, 6) is -2.43. The Bertz CT molecular complexity index is 1880. The molecule has 0 saturated heterocycles. The van der Waals surface area contributed by atoms with Crippen molar-refractivity contribution < 1.29 is 53.5 Å². The topological polar surface area (TPSA) is 88.9 Å². The number of thioether (sulfide) groups is 1. The molecule has 2 N–H and O–H groups in total. The van der Waals surface area contributed by atoms with E-state index in [1.807, 2.05) is 6.26 Å². The van der Waals surface area contributed by atoms with Gasteiger partial charge in [-0.05, 0) is 55.5 Å².